The zero-order chi connectivity index (χ0) is 20.2. The number of fused-ring (bicyclic) bond motifs is 3. The van der Waals surface area contributed by atoms with E-state index in [9.17, 15) is 4.79 Å². The lowest BCUT2D eigenvalue weighted by Gasteiger charge is -2.38. The van der Waals surface area contributed by atoms with Gasteiger partial charge in [0, 0.05) is 43.7 Å². The van der Waals surface area contributed by atoms with Crippen molar-refractivity contribution in [1.82, 2.24) is 4.90 Å². The van der Waals surface area contributed by atoms with E-state index in [1.807, 2.05) is 31.3 Å². The fraction of sp³-hybridized carbons (Fsp3) is 0.435. The van der Waals surface area contributed by atoms with Gasteiger partial charge in [-0.3, -0.25) is 0 Å². The fourth-order valence-electron chi connectivity index (χ4n) is 4.75. The Bertz CT molecular complexity index is 843. The quantitative estimate of drug-likeness (QED) is 0.523. The number of benzene rings is 2. The molecule has 0 spiro atoms. The van der Waals surface area contributed by atoms with Crippen molar-refractivity contribution in [2.75, 3.05) is 50.1 Å². The molecule has 1 fully saturated rings. The molecule has 2 aliphatic rings. The lowest BCUT2D eigenvalue weighted by atomic mass is 9.89. The van der Waals surface area contributed by atoms with Gasteiger partial charge in [-0.05, 0) is 48.7 Å². The topological polar surface area (TPSA) is 44.8 Å². The maximum atomic E-state index is 11.3. The average Bonchev–Trinajstić information content (AvgIpc) is 3.06. The Morgan fingerprint density at radius 2 is 2.07 bits per heavy atom. The van der Waals surface area contributed by atoms with E-state index in [1.165, 1.54) is 11.3 Å². The molecule has 0 amide bonds. The second kappa shape index (κ2) is 9.06. The summed E-state index contributed by atoms with van der Waals surface area (Å²) in [6, 6.07) is 14.4. The Morgan fingerprint density at radius 1 is 1.24 bits per heavy atom. The molecule has 29 heavy (non-hydrogen) atoms. The number of hydrogen-bond acceptors (Lipinski definition) is 5. The van der Waals surface area contributed by atoms with Gasteiger partial charge < -0.3 is 24.6 Å². The second-order valence-corrected chi connectivity index (χ2v) is 8.17. The van der Waals surface area contributed by atoms with Crippen LogP contribution in [0.1, 0.15) is 24.3 Å². The molecule has 2 unspecified atom stereocenters. The summed E-state index contributed by atoms with van der Waals surface area (Å²) in [5, 5.41) is 4.03. The molecule has 2 aromatic rings. The summed E-state index contributed by atoms with van der Waals surface area (Å²) in [6.07, 6.45) is 3.09. The second-order valence-electron chi connectivity index (χ2n) is 7.73. The molecule has 0 radical (unpaired) electrons. The number of para-hydroxylation sites is 1. The van der Waals surface area contributed by atoms with E-state index in [4.69, 9.17) is 16.3 Å². The molecule has 0 bridgehead atoms. The molecule has 1 N–H and O–H groups in total. The van der Waals surface area contributed by atoms with Crippen molar-refractivity contribution in [2.24, 2.45) is 0 Å². The van der Waals surface area contributed by atoms with Gasteiger partial charge in [0.2, 0.25) is 0 Å². The van der Waals surface area contributed by atoms with Crippen LogP contribution in [0.5, 0.6) is 5.75 Å². The highest BCUT2D eigenvalue weighted by Gasteiger charge is 2.42. The predicted molar refractivity (Wildman–Crippen MR) is 119 cm³/mol. The molecule has 0 saturated carbocycles. The summed E-state index contributed by atoms with van der Waals surface area (Å²) in [6.45, 7) is 4.26. The van der Waals surface area contributed by atoms with Gasteiger partial charge in [-0.15, -0.1) is 0 Å². The molecule has 2 atom stereocenters. The van der Waals surface area contributed by atoms with Crippen molar-refractivity contribution in [3.8, 4) is 5.75 Å². The molecule has 2 heterocycles. The third-order valence-electron chi connectivity index (χ3n) is 6.06. The van der Waals surface area contributed by atoms with Crippen molar-refractivity contribution in [1.29, 1.82) is 0 Å². The first-order valence-electron chi connectivity index (χ1n) is 10.3. The van der Waals surface area contributed by atoms with E-state index in [-0.39, 0.29) is 0 Å². The van der Waals surface area contributed by atoms with Crippen LogP contribution in [0.3, 0.4) is 0 Å². The molecular weight excluding hydrogens is 386 g/mol. The number of likely N-dealkylation sites (tertiary alicyclic amines) is 1. The van der Waals surface area contributed by atoms with Crippen LogP contribution in [0.15, 0.2) is 42.5 Å². The molecule has 154 valence electrons. The van der Waals surface area contributed by atoms with E-state index in [1.54, 1.807) is 0 Å². The third kappa shape index (κ3) is 4.21. The Morgan fingerprint density at radius 3 is 2.83 bits per heavy atom. The molecule has 0 aliphatic carbocycles. The van der Waals surface area contributed by atoms with Gasteiger partial charge in [0.05, 0.1) is 24.5 Å². The number of aldehydes is 1. The highest BCUT2D eigenvalue weighted by molar-refractivity contribution is 6.30. The molecule has 6 heteroatoms. The predicted octanol–water partition coefficient (Wildman–Crippen LogP) is 4.03. The van der Waals surface area contributed by atoms with Crippen LogP contribution < -0.4 is 15.0 Å². The number of ether oxygens (including phenoxy) is 1. The van der Waals surface area contributed by atoms with Gasteiger partial charge >= 0.3 is 0 Å². The lowest BCUT2D eigenvalue weighted by molar-refractivity contribution is -0.106. The van der Waals surface area contributed by atoms with Crippen LogP contribution in [-0.4, -0.2) is 57.1 Å². The lowest BCUT2D eigenvalue weighted by Crippen LogP contribution is -2.47. The van der Waals surface area contributed by atoms with Crippen LogP contribution >= 0.6 is 11.6 Å². The normalized spacial score (nSPS) is 20.8. The van der Waals surface area contributed by atoms with Gasteiger partial charge in [0.25, 0.3) is 0 Å². The van der Waals surface area contributed by atoms with Crippen LogP contribution in [-0.2, 0) is 4.79 Å². The van der Waals surface area contributed by atoms with Crippen LogP contribution in [0, 0.1) is 0 Å². The van der Waals surface area contributed by atoms with Crippen molar-refractivity contribution in [2.45, 2.75) is 24.8 Å². The molecular formula is C23H28ClN3O2. The first kappa shape index (κ1) is 20.0. The van der Waals surface area contributed by atoms with Crippen LogP contribution in [0.2, 0.25) is 5.02 Å². The number of nitrogens with one attached hydrogen (secondary N) is 1. The SMILES string of the molecule is CNc1cccc2c1N(CC=O)C1CCN(CCCOc3ccc(Cl)cc3)CC21. The van der Waals surface area contributed by atoms with Crippen molar-refractivity contribution in [3.05, 3.63) is 53.1 Å². The monoisotopic (exact) mass is 413 g/mol. The number of anilines is 2. The van der Waals surface area contributed by atoms with E-state index in [2.05, 4.69) is 33.3 Å². The number of halogens is 1. The number of piperidine rings is 1. The van der Waals surface area contributed by atoms with E-state index < -0.39 is 0 Å². The molecule has 5 nitrogen and oxygen atoms in total. The number of carbonyl (C=O) groups is 1. The maximum Gasteiger partial charge on any atom is 0.139 e. The molecule has 4 rings (SSSR count). The summed E-state index contributed by atoms with van der Waals surface area (Å²) in [5.41, 5.74) is 3.69. The highest BCUT2D eigenvalue weighted by atomic mass is 35.5. The van der Waals surface area contributed by atoms with Crippen LogP contribution in [0.25, 0.3) is 0 Å². The summed E-state index contributed by atoms with van der Waals surface area (Å²) >= 11 is 5.91. The minimum Gasteiger partial charge on any atom is -0.494 e. The number of hydrogen-bond donors (Lipinski definition) is 1. The smallest absolute Gasteiger partial charge is 0.139 e. The third-order valence-corrected chi connectivity index (χ3v) is 6.31. The number of rotatable bonds is 8. The Kier molecular flexibility index (Phi) is 6.26. The molecule has 2 aromatic carbocycles. The summed E-state index contributed by atoms with van der Waals surface area (Å²) < 4.78 is 5.83. The van der Waals surface area contributed by atoms with Gasteiger partial charge in [0.1, 0.15) is 12.0 Å². The number of carbonyl (C=O) groups excluding carboxylic acids is 1. The largest absolute Gasteiger partial charge is 0.494 e. The minimum absolute atomic E-state index is 0.409. The minimum atomic E-state index is 0.409. The Hall–Kier alpha value is -2.24. The summed E-state index contributed by atoms with van der Waals surface area (Å²) in [4.78, 5) is 16.2. The first-order valence-corrected chi connectivity index (χ1v) is 10.7. The van der Waals surface area contributed by atoms with Gasteiger partial charge in [-0.25, -0.2) is 0 Å². The maximum absolute atomic E-state index is 11.3. The first-order chi connectivity index (χ1) is 14.2. The Labute approximate surface area is 177 Å². The standard InChI is InChI=1S/C23H28ClN3O2/c1-25-21-5-2-4-19-20-16-26(12-10-22(20)27(13-14-28)23(19)21)11-3-15-29-18-8-6-17(24)7-9-18/h2,4-9,14,20,22,25H,3,10-13,15-16H2,1H3. The van der Waals surface area contributed by atoms with Crippen LogP contribution in [0.4, 0.5) is 11.4 Å². The number of nitrogens with zero attached hydrogens (tertiary/aromatic N) is 2. The van der Waals surface area contributed by atoms with Crippen molar-refractivity contribution in [3.63, 3.8) is 0 Å². The molecule has 1 saturated heterocycles. The Balaban J connectivity index is 1.37. The van der Waals surface area contributed by atoms with E-state index in [0.717, 1.165) is 55.2 Å². The van der Waals surface area contributed by atoms with Gasteiger partial charge in [0.15, 0.2) is 0 Å². The zero-order valence-electron chi connectivity index (χ0n) is 16.8. The summed E-state index contributed by atoms with van der Waals surface area (Å²) in [7, 11) is 1.95. The fourth-order valence-corrected chi connectivity index (χ4v) is 4.88. The molecule has 2 aliphatic heterocycles. The molecule has 0 aromatic heterocycles. The van der Waals surface area contributed by atoms with E-state index in [0.29, 0.717) is 25.1 Å². The summed E-state index contributed by atoms with van der Waals surface area (Å²) in [5.74, 6) is 1.31. The van der Waals surface area contributed by atoms with Gasteiger partial charge in [-0.1, -0.05) is 23.7 Å². The van der Waals surface area contributed by atoms with Crippen molar-refractivity contribution >= 4 is 29.3 Å². The zero-order valence-corrected chi connectivity index (χ0v) is 17.6. The van der Waals surface area contributed by atoms with E-state index >= 15 is 0 Å². The highest BCUT2D eigenvalue weighted by Crippen LogP contribution is 2.47. The van der Waals surface area contributed by atoms with Gasteiger partial charge in [-0.2, -0.15) is 0 Å². The van der Waals surface area contributed by atoms with Crippen molar-refractivity contribution < 1.29 is 9.53 Å². The average molecular weight is 414 g/mol.